The highest BCUT2D eigenvalue weighted by Gasteiger charge is 2.18. The number of rotatable bonds is 17. The summed E-state index contributed by atoms with van der Waals surface area (Å²) < 4.78 is 0. The van der Waals surface area contributed by atoms with E-state index in [4.69, 9.17) is 0 Å². The second-order valence-corrected chi connectivity index (χ2v) is 8.11. The summed E-state index contributed by atoms with van der Waals surface area (Å²) in [6.45, 7) is 3.93. The van der Waals surface area contributed by atoms with Crippen LogP contribution in [0.5, 0.6) is 0 Å². The Bertz CT molecular complexity index is 656. The highest BCUT2D eigenvalue weighted by atomic mass is 16.6. The predicted molar refractivity (Wildman–Crippen MR) is 126 cm³/mol. The highest BCUT2D eigenvalue weighted by molar-refractivity contribution is 5.93. The number of hydrogen-bond donors (Lipinski definition) is 1. The van der Waals surface area contributed by atoms with E-state index < -0.39 is 4.92 Å². The Morgan fingerprint density at radius 2 is 1.50 bits per heavy atom. The summed E-state index contributed by atoms with van der Waals surface area (Å²) in [5.74, 6) is -0.152. The Morgan fingerprint density at radius 3 is 2.10 bits per heavy atom. The molecule has 1 rings (SSSR count). The van der Waals surface area contributed by atoms with Crippen LogP contribution in [0.3, 0.4) is 0 Å². The third kappa shape index (κ3) is 11.7. The maximum Gasteiger partial charge on any atom is 0.295 e. The Balaban J connectivity index is 2.03. The number of nitro groups is 1. The van der Waals surface area contributed by atoms with Crippen molar-refractivity contribution in [1.82, 2.24) is 0 Å². The molecule has 0 aromatic heterocycles. The first-order chi connectivity index (χ1) is 14.6. The van der Waals surface area contributed by atoms with Crippen LogP contribution in [0.25, 0.3) is 0 Å². The molecule has 0 radical (unpaired) electrons. The normalized spacial score (nSPS) is 11.1. The molecule has 1 amide bonds. The molecule has 0 bridgehead atoms. The third-order valence-electron chi connectivity index (χ3n) is 5.36. The van der Waals surface area contributed by atoms with Crippen molar-refractivity contribution in [2.75, 3.05) is 5.32 Å². The van der Waals surface area contributed by atoms with Gasteiger partial charge in [-0.25, -0.2) is 0 Å². The van der Waals surface area contributed by atoms with E-state index >= 15 is 0 Å². The number of carbonyl (C=O) groups excluding carboxylic acids is 1. The van der Waals surface area contributed by atoms with E-state index in [1.54, 1.807) is 25.1 Å². The van der Waals surface area contributed by atoms with E-state index in [-0.39, 0.29) is 17.3 Å². The van der Waals surface area contributed by atoms with Crippen molar-refractivity contribution in [2.24, 2.45) is 0 Å². The second kappa shape index (κ2) is 16.6. The second-order valence-electron chi connectivity index (χ2n) is 8.11. The van der Waals surface area contributed by atoms with E-state index in [0.29, 0.717) is 12.0 Å². The third-order valence-corrected chi connectivity index (χ3v) is 5.36. The summed E-state index contributed by atoms with van der Waals surface area (Å²) in [6, 6.07) is 4.99. The van der Waals surface area contributed by atoms with Gasteiger partial charge in [0.05, 0.1) is 4.92 Å². The molecular formula is C25H40N2O3. The van der Waals surface area contributed by atoms with Crippen molar-refractivity contribution >= 4 is 17.3 Å². The summed E-state index contributed by atoms with van der Waals surface area (Å²) in [5.41, 5.74) is 0.826. The van der Waals surface area contributed by atoms with Gasteiger partial charge in [-0.3, -0.25) is 14.9 Å². The highest BCUT2D eigenvalue weighted by Crippen LogP contribution is 2.28. The molecule has 0 atom stereocenters. The Kier molecular flexibility index (Phi) is 14.3. The van der Waals surface area contributed by atoms with Crippen LogP contribution in [0.4, 0.5) is 11.4 Å². The van der Waals surface area contributed by atoms with Crippen molar-refractivity contribution in [3.05, 3.63) is 46.0 Å². The van der Waals surface area contributed by atoms with Crippen LogP contribution in [0.1, 0.15) is 102 Å². The lowest BCUT2D eigenvalue weighted by Gasteiger charge is -2.07. The summed E-state index contributed by atoms with van der Waals surface area (Å²) in [7, 11) is 0. The number of amides is 1. The number of benzene rings is 1. The largest absolute Gasteiger partial charge is 0.320 e. The molecule has 1 aromatic carbocycles. The van der Waals surface area contributed by atoms with Gasteiger partial charge in [-0.15, -0.1) is 0 Å². The molecule has 0 aliphatic heterocycles. The summed E-state index contributed by atoms with van der Waals surface area (Å²) in [4.78, 5) is 22.8. The zero-order valence-electron chi connectivity index (χ0n) is 19.0. The van der Waals surface area contributed by atoms with Gasteiger partial charge in [0, 0.05) is 12.0 Å². The zero-order valence-corrected chi connectivity index (χ0v) is 19.0. The van der Waals surface area contributed by atoms with Crippen molar-refractivity contribution in [1.29, 1.82) is 0 Å². The summed E-state index contributed by atoms with van der Waals surface area (Å²) in [5, 5.41) is 13.9. The van der Waals surface area contributed by atoms with Crippen molar-refractivity contribution in [3.63, 3.8) is 0 Å². The Labute approximate surface area is 182 Å². The number of nitro benzene ring substituents is 1. The van der Waals surface area contributed by atoms with Gasteiger partial charge >= 0.3 is 0 Å². The first-order valence-corrected chi connectivity index (χ1v) is 11.7. The lowest BCUT2D eigenvalue weighted by atomic mass is 10.1. The molecule has 0 spiro atoms. The fraction of sp³-hybridized carbons (Fsp3) is 0.640. The van der Waals surface area contributed by atoms with Gasteiger partial charge in [-0.1, -0.05) is 82.6 Å². The van der Waals surface area contributed by atoms with Crippen molar-refractivity contribution in [2.45, 2.75) is 104 Å². The van der Waals surface area contributed by atoms with Crippen LogP contribution in [0.2, 0.25) is 0 Å². The van der Waals surface area contributed by atoms with Crippen LogP contribution in [0, 0.1) is 17.0 Å². The molecule has 0 aliphatic rings. The van der Waals surface area contributed by atoms with Gasteiger partial charge < -0.3 is 5.32 Å². The molecule has 0 heterocycles. The molecule has 0 aliphatic carbocycles. The summed E-state index contributed by atoms with van der Waals surface area (Å²) in [6.07, 6.45) is 20.9. The molecule has 0 saturated heterocycles. The predicted octanol–water partition coefficient (Wildman–Crippen LogP) is 7.88. The first-order valence-electron chi connectivity index (χ1n) is 11.7. The SMILES string of the molecule is CCCCCCCC/C=C\CCCCCCCC(=O)Nc1cccc(C)c1[N+](=O)[O-]. The standard InChI is InChI=1S/C25H40N2O3/c1-3-4-5-6-7-8-9-10-11-12-13-14-15-16-17-21-24(28)26-23-20-18-19-22(2)25(23)27(29)30/h10-11,18-20H,3-9,12-17,21H2,1-2H3,(H,26,28)/b11-10-. The number of para-hydroxylation sites is 1. The molecule has 0 fully saturated rings. The number of aryl methyl sites for hydroxylation is 1. The fourth-order valence-electron chi connectivity index (χ4n) is 3.57. The average Bonchev–Trinajstić information content (AvgIpc) is 2.70. The molecule has 1 N–H and O–H groups in total. The number of unbranched alkanes of at least 4 members (excludes halogenated alkanes) is 11. The van der Waals surface area contributed by atoms with E-state index in [0.717, 1.165) is 25.7 Å². The Morgan fingerprint density at radius 1 is 0.933 bits per heavy atom. The van der Waals surface area contributed by atoms with Gasteiger partial charge in [-0.05, 0) is 45.1 Å². The topological polar surface area (TPSA) is 72.2 Å². The molecule has 0 saturated carbocycles. The van der Waals surface area contributed by atoms with Crippen LogP contribution < -0.4 is 5.32 Å². The quantitative estimate of drug-likeness (QED) is 0.121. The molecule has 1 aromatic rings. The maximum absolute atomic E-state index is 12.1. The lowest BCUT2D eigenvalue weighted by molar-refractivity contribution is -0.384. The number of allylic oxidation sites excluding steroid dienone is 2. The van der Waals surface area contributed by atoms with Crippen LogP contribution in [-0.4, -0.2) is 10.8 Å². The number of anilines is 1. The first kappa shape index (κ1) is 25.9. The lowest BCUT2D eigenvalue weighted by Crippen LogP contribution is -2.12. The molecule has 30 heavy (non-hydrogen) atoms. The average molecular weight is 417 g/mol. The van der Waals surface area contributed by atoms with Crippen LogP contribution in [0.15, 0.2) is 30.4 Å². The maximum atomic E-state index is 12.1. The monoisotopic (exact) mass is 416 g/mol. The van der Waals surface area contributed by atoms with Crippen LogP contribution in [-0.2, 0) is 4.79 Å². The minimum Gasteiger partial charge on any atom is -0.320 e. The van der Waals surface area contributed by atoms with E-state index in [1.165, 1.54) is 57.8 Å². The van der Waals surface area contributed by atoms with Gasteiger partial charge in [0.25, 0.3) is 5.69 Å². The van der Waals surface area contributed by atoms with E-state index in [2.05, 4.69) is 24.4 Å². The number of nitrogens with zero attached hydrogens (tertiary/aromatic N) is 1. The Hall–Kier alpha value is -2.17. The molecule has 5 heteroatoms. The number of hydrogen-bond acceptors (Lipinski definition) is 3. The van der Waals surface area contributed by atoms with E-state index in [9.17, 15) is 14.9 Å². The van der Waals surface area contributed by atoms with Gasteiger partial charge in [0.1, 0.15) is 5.69 Å². The number of carbonyl (C=O) groups is 1. The smallest absolute Gasteiger partial charge is 0.295 e. The van der Waals surface area contributed by atoms with Crippen molar-refractivity contribution in [3.8, 4) is 0 Å². The zero-order chi connectivity index (χ0) is 22.0. The fourth-order valence-corrected chi connectivity index (χ4v) is 3.57. The van der Waals surface area contributed by atoms with Crippen molar-refractivity contribution < 1.29 is 9.72 Å². The summed E-state index contributed by atoms with van der Waals surface area (Å²) >= 11 is 0. The van der Waals surface area contributed by atoms with Gasteiger partial charge in [0.15, 0.2) is 0 Å². The molecule has 0 unspecified atom stereocenters. The van der Waals surface area contributed by atoms with Gasteiger partial charge in [-0.2, -0.15) is 0 Å². The van der Waals surface area contributed by atoms with E-state index in [1.807, 2.05) is 0 Å². The molecule has 5 nitrogen and oxygen atoms in total. The van der Waals surface area contributed by atoms with Gasteiger partial charge in [0.2, 0.25) is 5.91 Å². The molecular weight excluding hydrogens is 376 g/mol. The number of nitrogens with one attached hydrogen (secondary N) is 1. The molecule has 168 valence electrons. The minimum absolute atomic E-state index is 0.0182. The van der Waals surface area contributed by atoms with Crippen LogP contribution >= 0.6 is 0 Å². The minimum atomic E-state index is -0.437.